The Morgan fingerprint density at radius 1 is 1.10 bits per heavy atom. The van der Waals surface area contributed by atoms with Gasteiger partial charge in [0.2, 0.25) is 5.91 Å². The maximum Gasteiger partial charge on any atom is 0.416 e. The highest BCUT2D eigenvalue weighted by Crippen LogP contribution is 2.29. The third-order valence-electron chi connectivity index (χ3n) is 4.39. The van der Waals surface area contributed by atoms with E-state index in [-0.39, 0.29) is 24.2 Å². The maximum absolute atomic E-state index is 12.6. The summed E-state index contributed by atoms with van der Waals surface area (Å²) < 4.78 is 42.8. The van der Waals surface area contributed by atoms with E-state index >= 15 is 0 Å². The first-order chi connectivity index (χ1) is 13.6. The van der Waals surface area contributed by atoms with Crippen LogP contribution >= 0.6 is 0 Å². The second-order valence-corrected chi connectivity index (χ2v) is 6.87. The van der Waals surface area contributed by atoms with Crippen LogP contribution in [-0.4, -0.2) is 17.9 Å². The van der Waals surface area contributed by atoms with Crippen LogP contribution in [0.5, 0.6) is 0 Å². The van der Waals surface area contributed by atoms with Gasteiger partial charge < -0.3 is 15.8 Å². The monoisotopic (exact) mass is 408 g/mol. The van der Waals surface area contributed by atoms with Gasteiger partial charge in [0.05, 0.1) is 11.6 Å². The molecule has 0 bridgehead atoms. The number of anilines is 1. The Kier molecular flexibility index (Phi) is 7.39. The molecule has 0 saturated carbocycles. The molecule has 156 valence electrons. The fourth-order valence-electron chi connectivity index (χ4n) is 2.76. The smallest absolute Gasteiger partial charge is 0.416 e. The molecule has 0 aliphatic rings. The zero-order chi connectivity index (χ0) is 21.6. The third kappa shape index (κ3) is 6.90. The first kappa shape index (κ1) is 22.4. The first-order valence-electron chi connectivity index (χ1n) is 9.01. The molecule has 29 heavy (non-hydrogen) atoms. The number of esters is 1. The Morgan fingerprint density at radius 3 is 2.31 bits per heavy atom. The van der Waals surface area contributed by atoms with Crippen molar-refractivity contribution < 1.29 is 27.5 Å². The van der Waals surface area contributed by atoms with E-state index in [9.17, 15) is 22.8 Å². The lowest BCUT2D eigenvalue weighted by Gasteiger charge is -2.20. The number of alkyl halides is 3. The van der Waals surface area contributed by atoms with Gasteiger partial charge in [-0.25, -0.2) is 0 Å². The van der Waals surface area contributed by atoms with Crippen LogP contribution in [0.2, 0.25) is 0 Å². The van der Waals surface area contributed by atoms with Gasteiger partial charge in [0.1, 0.15) is 6.61 Å². The minimum atomic E-state index is -4.43. The molecule has 8 heteroatoms. The summed E-state index contributed by atoms with van der Waals surface area (Å²) >= 11 is 0. The second-order valence-electron chi connectivity index (χ2n) is 6.87. The maximum atomic E-state index is 12.6. The largest absolute Gasteiger partial charge is 0.461 e. The SMILES string of the molecule is CC(=O)OCc1cccc(CC(C)[C@H](N)C(=O)Nc2ccc(C(F)(F)F)cc2)c1. The van der Waals surface area contributed by atoms with Gasteiger partial charge in [-0.3, -0.25) is 9.59 Å². The van der Waals surface area contributed by atoms with Gasteiger partial charge >= 0.3 is 12.1 Å². The van der Waals surface area contributed by atoms with E-state index in [1.165, 1.54) is 19.1 Å². The number of carbonyl (C=O) groups excluding carboxylic acids is 2. The van der Waals surface area contributed by atoms with Gasteiger partial charge in [-0.05, 0) is 47.7 Å². The number of hydrogen-bond acceptors (Lipinski definition) is 4. The minimum absolute atomic E-state index is 0.165. The molecule has 2 rings (SSSR count). The number of ether oxygens (including phenoxy) is 1. The lowest BCUT2D eigenvalue weighted by molar-refractivity contribution is -0.142. The van der Waals surface area contributed by atoms with Crippen molar-refractivity contribution in [1.29, 1.82) is 0 Å². The van der Waals surface area contributed by atoms with E-state index in [1.54, 1.807) is 0 Å². The number of hydrogen-bond donors (Lipinski definition) is 2. The summed E-state index contributed by atoms with van der Waals surface area (Å²) in [5.74, 6) is -1.08. The molecule has 0 fully saturated rings. The number of rotatable bonds is 7. The zero-order valence-electron chi connectivity index (χ0n) is 16.1. The summed E-state index contributed by atoms with van der Waals surface area (Å²) in [7, 11) is 0. The molecule has 3 N–H and O–H groups in total. The molecule has 0 aliphatic heterocycles. The van der Waals surface area contributed by atoms with Gasteiger partial charge in [-0.15, -0.1) is 0 Å². The normalized spacial score (nSPS) is 13.4. The van der Waals surface area contributed by atoms with Gasteiger partial charge in [0.15, 0.2) is 0 Å². The predicted octanol–water partition coefficient (Wildman–Crippen LogP) is 3.91. The molecule has 0 saturated heterocycles. The highest BCUT2D eigenvalue weighted by molar-refractivity contribution is 5.94. The number of nitrogens with two attached hydrogens (primary N) is 1. The first-order valence-corrected chi connectivity index (χ1v) is 9.01. The number of halogens is 3. The average molecular weight is 408 g/mol. The minimum Gasteiger partial charge on any atom is -0.461 e. The van der Waals surface area contributed by atoms with Crippen molar-refractivity contribution in [3.8, 4) is 0 Å². The van der Waals surface area contributed by atoms with Crippen LogP contribution in [-0.2, 0) is 33.5 Å². The van der Waals surface area contributed by atoms with E-state index in [0.717, 1.165) is 23.3 Å². The van der Waals surface area contributed by atoms with Crippen LogP contribution in [0.15, 0.2) is 48.5 Å². The lowest BCUT2D eigenvalue weighted by atomic mass is 9.93. The Balaban J connectivity index is 1.95. The van der Waals surface area contributed by atoms with E-state index in [2.05, 4.69) is 5.32 Å². The number of amides is 1. The van der Waals surface area contributed by atoms with Crippen molar-refractivity contribution in [2.45, 2.75) is 39.1 Å². The molecule has 5 nitrogen and oxygen atoms in total. The molecule has 0 spiro atoms. The summed E-state index contributed by atoms with van der Waals surface area (Å²) in [4.78, 5) is 23.3. The molecule has 0 radical (unpaired) electrons. The van der Waals surface area contributed by atoms with Crippen LogP contribution in [0.25, 0.3) is 0 Å². The highest BCUT2D eigenvalue weighted by Gasteiger charge is 2.30. The predicted molar refractivity (Wildman–Crippen MR) is 103 cm³/mol. The Labute approximate surface area is 167 Å². The van der Waals surface area contributed by atoms with E-state index < -0.39 is 23.7 Å². The van der Waals surface area contributed by atoms with Gasteiger partial charge in [0, 0.05) is 12.6 Å². The average Bonchev–Trinajstić information content (AvgIpc) is 2.65. The van der Waals surface area contributed by atoms with Crippen molar-refractivity contribution in [2.24, 2.45) is 11.7 Å². The van der Waals surface area contributed by atoms with E-state index in [0.29, 0.717) is 6.42 Å². The topological polar surface area (TPSA) is 81.4 Å². The molecular weight excluding hydrogens is 385 g/mol. The number of nitrogens with one attached hydrogen (secondary N) is 1. The molecule has 0 aromatic heterocycles. The van der Waals surface area contributed by atoms with Gasteiger partial charge in [-0.1, -0.05) is 31.2 Å². The summed E-state index contributed by atoms with van der Waals surface area (Å²) in [6, 6.07) is 10.7. The molecular formula is C21H23F3N2O3. The zero-order valence-corrected chi connectivity index (χ0v) is 16.1. The van der Waals surface area contributed by atoms with Crippen LogP contribution in [0.3, 0.4) is 0 Å². The van der Waals surface area contributed by atoms with Crippen molar-refractivity contribution in [1.82, 2.24) is 0 Å². The molecule has 2 atom stereocenters. The Hall–Kier alpha value is -2.87. The summed E-state index contributed by atoms with van der Waals surface area (Å²) in [6.07, 6.45) is -3.92. The Morgan fingerprint density at radius 2 is 1.72 bits per heavy atom. The van der Waals surface area contributed by atoms with Crippen molar-refractivity contribution in [3.05, 3.63) is 65.2 Å². The summed E-state index contributed by atoms with van der Waals surface area (Å²) in [6.45, 7) is 3.31. The van der Waals surface area contributed by atoms with Crippen molar-refractivity contribution in [2.75, 3.05) is 5.32 Å². The molecule has 1 unspecified atom stereocenters. The van der Waals surface area contributed by atoms with Gasteiger partial charge in [-0.2, -0.15) is 13.2 Å². The fraction of sp³-hybridized carbons (Fsp3) is 0.333. The standard InChI is InChI=1S/C21H23F3N2O3/c1-13(10-15-4-3-5-16(11-15)12-29-14(2)27)19(25)20(28)26-18-8-6-17(7-9-18)21(22,23)24/h3-9,11,13,19H,10,12,25H2,1-2H3,(H,26,28)/t13?,19-/m0/s1. The molecule has 2 aromatic carbocycles. The third-order valence-corrected chi connectivity index (χ3v) is 4.39. The molecule has 0 heterocycles. The van der Waals surface area contributed by atoms with Crippen molar-refractivity contribution >= 4 is 17.6 Å². The van der Waals surface area contributed by atoms with E-state index in [4.69, 9.17) is 10.5 Å². The van der Waals surface area contributed by atoms with Crippen LogP contribution < -0.4 is 11.1 Å². The molecule has 0 aliphatic carbocycles. The van der Waals surface area contributed by atoms with Crippen molar-refractivity contribution in [3.63, 3.8) is 0 Å². The molecule has 1 amide bonds. The number of carbonyl (C=O) groups is 2. The molecule has 2 aromatic rings. The van der Waals surface area contributed by atoms with Gasteiger partial charge in [0.25, 0.3) is 0 Å². The quantitative estimate of drug-likeness (QED) is 0.681. The van der Waals surface area contributed by atoms with Crippen LogP contribution in [0.4, 0.5) is 18.9 Å². The fourth-order valence-corrected chi connectivity index (χ4v) is 2.76. The number of benzene rings is 2. The Bertz CT molecular complexity index is 851. The van der Waals surface area contributed by atoms with Crippen LogP contribution in [0.1, 0.15) is 30.5 Å². The van der Waals surface area contributed by atoms with Crippen LogP contribution in [0, 0.1) is 5.92 Å². The van der Waals surface area contributed by atoms with E-state index in [1.807, 2.05) is 31.2 Å². The lowest BCUT2D eigenvalue weighted by Crippen LogP contribution is -2.41. The second kappa shape index (κ2) is 9.56. The highest BCUT2D eigenvalue weighted by atomic mass is 19.4. The summed E-state index contributed by atoms with van der Waals surface area (Å²) in [5, 5.41) is 2.54. The summed E-state index contributed by atoms with van der Waals surface area (Å²) in [5.41, 5.74) is 7.24.